The first-order chi connectivity index (χ1) is 15.2. The minimum atomic E-state index is -3.23. The van der Waals surface area contributed by atoms with E-state index in [0.717, 1.165) is 58.8 Å². The predicted octanol–water partition coefficient (Wildman–Crippen LogP) is 2.73. The standard InChI is InChI=1S/C24H33N4O2S2/c1-6-16-11-18(27(3)4)13-20-23(16)26-24-17(7-2)12-19(14-21(24)31-20)28-10-8-9-25-15-22(28)32(5,29)30/h11-14,22,25H,6-10,15H2,1-5H3/q+1. The van der Waals surface area contributed by atoms with Crippen molar-refractivity contribution in [1.82, 2.24) is 14.9 Å². The summed E-state index contributed by atoms with van der Waals surface area (Å²) in [6.07, 6.45) is 4.03. The zero-order valence-electron chi connectivity index (χ0n) is 19.6. The highest BCUT2D eigenvalue weighted by Crippen LogP contribution is 2.37. The number of hydrogen-bond acceptors (Lipinski definition) is 6. The Bertz CT molecular complexity index is 1290. The van der Waals surface area contributed by atoms with Gasteiger partial charge in [0.15, 0.2) is 9.84 Å². The van der Waals surface area contributed by atoms with Gasteiger partial charge < -0.3 is 10.2 Å². The van der Waals surface area contributed by atoms with Crippen LogP contribution in [0, 0.1) is 0 Å². The van der Waals surface area contributed by atoms with Gasteiger partial charge in [-0.1, -0.05) is 13.8 Å². The fourth-order valence-electron chi connectivity index (χ4n) is 4.43. The van der Waals surface area contributed by atoms with Crippen LogP contribution in [0.15, 0.2) is 24.3 Å². The number of rotatable bonds is 4. The van der Waals surface area contributed by atoms with Crippen LogP contribution in [0.4, 0.5) is 5.69 Å². The molecule has 1 N–H and O–H groups in total. The molecule has 2 heterocycles. The van der Waals surface area contributed by atoms with Crippen molar-refractivity contribution in [2.45, 2.75) is 38.5 Å². The van der Waals surface area contributed by atoms with E-state index in [1.54, 1.807) is 11.3 Å². The van der Waals surface area contributed by atoms with E-state index < -0.39 is 15.2 Å². The molecule has 0 saturated carbocycles. The Morgan fingerprint density at radius 1 is 1.16 bits per heavy atom. The number of fused-ring (bicyclic) bond motifs is 2. The van der Waals surface area contributed by atoms with E-state index in [2.05, 4.69) is 67.0 Å². The molecule has 1 aliphatic carbocycles. The summed E-state index contributed by atoms with van der Waals surface area (Å²) in [6.45, 7) is 6.31. The molecule has 1 unspecified atom stereocenters. The van der Waals surface area contributed by atoms with E-state index in [9.17, 15) is 8.42 Å². The second-order valence-corrected chi connectivity index (χ2v) is 12.0. The average Bonchev–Trinajstić information content (AvgIpc) is 3.02. The lowest BCUT2D eigenvalue weighted by molar-refractivity contribution is 0.575. The van der Waals surface area contributed by atoms with Gasteiger partial charge in [0.25, 0.3) is 0 Å². The Morgan fingerprint density at radius 3 is 2.56 bits per heavy atom. The first-order valence-corrected chi connectivity index (χ1v) is 14.1. The van der Waals surface area contributed by atoms with Crippen LogP contribution in [-0.4, -0.2) is 58.8 Å². The number of sulfone groups is 1. The smallest absolute Gasteiger partial charge is 0.201 e. The highest BCUT2D eigenvalue weighted by molar-refractivity contribution is 7.91. The lowest BCUT2D eigenvalue weighted by atomic mass is 10.1. The maximum Gasteiger partial charge on any atom is 0.201 e. The monoisotopic (exact) mass is 473 g/mol. The summed E-state index contributed by atoms with van der Waals surface area (Å²) in [6, 6.07) is 8.73. The second kappa shape index (κ2) is 9.08. The second-order valence-electron chi connectivity index (χ2n) is 8.75. The molecule has 1 aromatic carbocycles. The Morgan fingerprint density at radius 2 is 1.91 bits per heavy atom. The van der Waals surface area contributed by atoms with Crippen molar-refractivity contribution in [2.75, 3.05) is 44.9 Å². The maximum atomic E-state index is 12.6. The third-order valence-corrected chi connectivity index (χ3v) is 8.72. The molecule has 0 bridgehead atoms. The van der Waals surface area contributed by atoms with Crippen LogP contribution in [-0.2, 0) is 22.7 Å². The van der Waals surface area contributed by atoms with Crippen molar-refractivity contribution >= 4 is 37.1 Å². The summed E-state index contributed by atoms with van der Waals surface area (Å²) >= 11 is 1.75. The molecule has 0 amide bonds. The summed E-state index contributed by atoms with van der Waals surface area (Å²) in [5.74, 6) is 0. The maximum absolute atomic E-state index is 12.6. The van der Waals surface area contributed by atoms with Gasteiger partial charge in [-0.3, -0.25) is 0 Å². The van der Waals surface area contributed by atoms with Crippen molar-refractivity contribution in [3.8, 4) is 10.6 Å². The van der Waals surface area contributed by atoms with Crippen molar-refractivity contribution < 1.29 is 8.42 Å². The van der Waals surface area contributed by atoms with Gasteiger partial charge in [-0.2, -0.15) is 0 Å². The topological polar surface area (TPSA) is 65.3 Å². The van der Waals surface area contributed by atoms with Crippen LogP contribution >= 0.6 is 11.3 Å². The first-order valence-electron chi connectivity index (χ1n) is 11.3. The van der Waals surface area contributed by atoms with E-state index in [4.69, 9.17) is 4.98 Å². The largest absolute Gasteiger partial charge is 0.354 e. The number of nitrogens with zero attached hydrogens (tertiary/aromatic N) is 3. The SMILES string of the molecule is CCc1cc(=[N+](C)C)cc2sc3cc(N4CCCNCC4S(C)(=O)=O)cc(CC)c3nc1-2. The summed E-state index contributed by atoms with van der Waals surface area (Å²) in [4.78, 5) is 8.37. The first kappa shape index (κ1) is 23.1. The molecule has 4 rings (SSSR count). The van der Waals surface area contributed by atoms with Crippen molar-refractivity contribution in [2.24, 2.45) is 0 Å². The normalized spacial score (nSPS) is 17.7. The molecule has 0 spiro atoms. The number of aromatic nitrogens is 1. The number of benzene rings is 2. The number of nitrogens with one attached hydrogen (secondary N) is 1. The zero-order chi connectivity index (χ0) is 23.0. The summed E-state index contributed by atoms with van der Waals surface area (Å²) in [7, 11) is 0.890. The van der Waals surface area contributed by atoms with Crippen LogP contribution in [0.2, 0.25) is 0 Å². The third-order valence-electron chi connectivity index (χ3n) is 6.24. The molecule has 3 aliphatic rings. The molecular formula is C24H33N4O2S2+. The Hall–Kier alpha value is -2.03. The van der Waals surface area contributed by atoms with Crippen molar-refractivity contribution in [3.05, 3.63) is 40.7 Å². The lowest BCUT2D eigenvalue weighted by Gasteiger charge is -2.31. The Balaban J connectivity index is 1.97. The molecule has 0 aromatic heterocycles. The van der Waals surface area contributed by atoms with Gasteiger partial charge in [0, 0.05) is 37.2 Å². The van der Waals surface area contributed by atoms with Gasteiger partial charge in [0.05, 0.1) is 20.8 Å². The Kier molecular flexibility index (Phi) is 6.56. The third kappa shape index (κ3) is 4.40. The Labute approximate surface area is 194 Å². The van der Waals surface area contributed by atoms with E-state index >= 15 is 0 Å². The van der Waals surface area contributed by atoms with Crippen LogP contribution in [0.1, 0.15) is 31.4 Å². The summed E-state index contributed by atoms with van der Waals surface area (Å²) < 4.78 is 28.4. The molecule has 0 radical (unpaired) electrons. The van der Waals surface area contributed by atoms with Crippen molar-refractivity contribution in [1.29, 1.82) is 0 Å². The molecule has 1 atom stereocenters. The lowest BCUT2D eigenvalue weighted by Crippen LogP contribution is -2.45. The average molecular weight is 474 g/mol. The summed E-state index contributed by atoms with van der Waals surface area (Å²) in [5, 5.41) is 3.91. The molecular weight excluding hydrogens is 440 g/mol. The van der Waals surface area contributed by atoms with Crippen LogP contribution < -0.4 is 20.1 Å². The van der Waals surface area contributed by atoms with E-state index in [1.165, 1.54) is 22.7 Å². The van der Waals surface area contributed by atoms with Gasteiger partial charge in [-0.05, 0) is 49.1 Å². The summed E-state index contributed by atoms with van der Waals surface area (Å²) in [5.41, 5.74) is 5.51. The molecule has 6 nitrogen and oxygen atoms in total. The molecule has 1 fully saturated rings. The number of aryl methyl sites for hydroxylation is 2. The molecule has 172 valence electrons. The van der Waals surface area contributed by atoms with Gasteiger partial charge in [-0.25, -0.2) is 18.0 Å². The fraction of sp³-hybridized carbons (Fsp3) is 0.500. The number of anilines is 1. The van der Waals surface area contributed by atoms with Crippen LogP contribution in [0.25, 0.3) is 20.8 Å². The minimum absolute atomic E-state index is 0.448. The molecule has 1 aromatic rings. The van der Waals surface area contributed by atoms with Gasteiger partial charge in [-0.15, -0.1) is 11.3 Å². The van der Waals surface area contributed by atoms with E-state index in [1.807, 2.05) is 0 Å². The van der Waals surface area contributed by atoms with Crippen molar-refractivity contribution in [3.63, 3.8) is 0 Å². The van der Waals surface area contributed by atoms with Gasteiger partial charge >= 0.3 is 0 Å². The molecule has 8 heteroatoms. The zero-order valence-corrected chi connectivity index (χ0v) is 21.2. The van der Waals surface area contributed by atoms with Gasteiger partial charge in [0.2, 0.25) is 5.36 Å². The van der Waals surface area contributed by atoms with E-state index in [0.29, 0.717) is 6.54 Å². The highest BCUT2D eigenvalue weighted by Gasteiger charge is 2.30. The predicted molar refractivity (Wildman–Crippen MR) is 136 cm³/mol. The van der Waals surface area contributed by atoms with Crippen LogP contribution in [0.3, 0.4) is 0 Å². The molecule has 2 aliphatic heterocycles. The minimum Gasteiger partial charge on any atom is -0.354 e. The molecule has 32 heavy (non-hydrogen) atoms. The van der Waals surface area contributed by atoms with Gasteiger partial charge in [0.1, 0.15) is 19.5 Å². The highest BCUT2D eigenvalue weighted by atomic mass is 32.2. The number of hydrogen-bond donors (Lipinski definition) is 1. The van der Waals surface area contributed by atoms with E-state index in [-0.39, 0.29) is 0 Å². The molecule has 1 saturated heterocycles. The van der Waals surface area contributed by atoms with Crippen LogP contribution in [0.5, 0.6) is 0 Å². The quantitative estimate of drug-likeness (QED) is 0.466. The fourth-order valence-corrected chi connectivity index (χ4v) is 6.69.